The van der Waals surface area contributed by atoms with E-state index in [2.05, 4.69) is 48.6 Å². The number of amides is 1. The molecule has 0 spiro atoms. The molecular weight excluding hydrogens is 440 g/mol. The van der Waals surface area contributed by atoms with Crippen LogP contribution in [0.5, 0.6) is 11.5 Å². The Bertz CT molecular complexity index is 1140. The number of carbonyl (C=O) groups excluding carboxylic acids is 1. The number of nitrogens with zero attached hydrogens (tertiary/aromatic N) is 1. The highest BCUT2D eigenvalue weighted by atomic mass is 16.3. The number of phenolic OH excluding ortho intramolecular Hbond substituents is 2. The maximum atomic E-state index is 12.8. The van der Waals surface area contributed by atoms with Crippen LogP contribution in [0, 0.1) is 0 Å². The second kappa shape index (κ2) is 11.4. The molecule has 35 heavy (non-hydrogen) atoms. The first-order chi connectivity index (χ1) is 16.9. The van der Waals surface area contributed by atoms with Crippen LogP contribution < -0.4 is 5.32 Å². The molecule has 2 atom stereocenters. The number of fused-ring (bicyclic) bond motifs is 1. The number of aryl methyl sites for hydroxylation is 1. The largest absolute Gasteiger partial charge is 0.508 e. The standard InChI is InChI=1S/C29H34N2O4/c1-20(30-18-28(34)25-15-26(32)17-27(33)16-25)13-22-6-4-5-21(14-22)9-10-29(35)31-12-11-23-7-2-3-8-24(23)19-31/h2-8,14-17,20,28,30,32-34H,9-13,18-19H2,1H3. The fourth-order valence-electron chi connectivity index (χ4n) is 4.70. The van der Waals surface area contributed by atoms with Crippen molar-refractivity contribution in [2.45, 2.75) is 51.3 Å². The van der Waals surface area contributed by atoms with E-state index in [4.69, 9.17) is 0 Å². The van der Waals surface area contributed by atoms with Gasteiger partial charge in [-0.1, -0.05) is 48.5 Å². The van der Waals surface area contributed by atoms with Gasteiger partial charge in [-0.2, -0.15) is 0 Å². The van der Waals surface area contributed by atoms with Crippen molar-refractivity contribution in [2.75, 3.05) is 13.1 Å². The molecule has 2 unspecified atom stereocenters. The van der Waals surface area contributed by atoms with Crippen molar-refractivity contribution in [1.82, 2.24) is 10.2 Å². The van der Waals surface area contributed by atoms with Crippen molar-refractivity contribution < 1.29 is 20.1 Å². The molecule has 0 fully saturated rings. The van der Waals surface area contributed by atoms with Crippen LogP contribution in [0.4, 0.5) is 0 Å². The molecule has 1 aliphatic heterocycles. The van der Waals surface area contributed by atoms with E-state index >= 15 is 0 Å². The molecule has 0 radical (unpaired) electrons. The minimum absolute atomic E-state index is 0.0764. The second-order valence-electron chi connectivity index (χ2n) is 9.47. The monoisotopic (exact) mass is 474 g/mol. The zero-order valence-electron chi connectivity index (χ0n) is 20.2. The summed E-state index contributed by atoms with van der Waals surface area (Å²) in [6.07, 6.45) is 2.08. The average molecular weight is 475 g/mol. The maximum absolute atomic E-state index is 12.8. The van der Waals surface area contributed by atoms with Gasteiger partial charge in [0.2, 0.25) is 5.91 Å². The van der Waals surface area contributed by atoms with E-state index in [-0.39, 0.29) is 23.4 Å². The number of hydrogen-bond acceptors (Lipinski definition) is 5. The zero-order chi connectivity index (χ0) is 24.8. The number of benzene rings is 3. The number of nitrogens with one attached hydrogen (secondary N) is 1. The lowest BCUT2D eigenvalue weighted by Crippen LogP contribution is -2.36. The van der Waals surface area contributed by atoms with Gasteiger partial charge in [0.15, 0.2) is 0 Å². The van der Waals surface area contributed by atoms with Crippen LogP contribution in [0.3, 0.4) is 0 Å². The van der Waals surface area contributed by atoms with Gasteiger partial charge < -0.3 is 25.5 Å². The number of carbonyl (C=O) groups is 1. The molecule has 0 aliphatic carbocycles. The van der Waals surface area contributed by atoms with Gasteiger partial charge in [-0.3, -0.25) is 4.79 Å². The van der Waals surface area contributed by atoms with Gasteiger partial charge in [-0.15, -0.1) is 0 Å². The van der Waals surface area contributed by atoms with Crippen molar-refractivity contribution in [3.05, 3.63) is 94.5 Å². The van der Waals surface area contributed by atoms with Crippen LogP contribution in [0.2, 0.25) is 0 Å². The summed E-state index contributed by atoms with van der Waals surface area (Å²) in [7, 11) is 0. The Kier molecular flexibility index (Phi) is 8.06. The van der Waals surface area contributed by atoms with Crippen molar-refractivity contribution >= 4 is 5.91 Å². The number of aromatic hydroxyl groups is 2. The van der Waals surface area contributed by atoms with Crippen LogP contribution in [0.15, 0.2) is 66.7 Å². The summed E-state index contributed by atoms with van der Waals surface area (Å²) >= 11 is 0. The Morgan fingerprint density at radius 2 is 1.69 bits per heavy atom. The second-order valence-corrected chi connectivity index (χ2v) is 9.47. The minimum Gasteiger partial charge on any atom is -0.508 e. The molecule has 1 amide bonds. The molecule has 4 N–H and O–H groups in total. The van der Waals surface area contributed by atoms with Crippen molar-refractivity contribution in [2.24, 2.45) is 0 Å². The topological polar surface area (TPSA) is 93.0 Å². The van der Waals surface area contributed by atoms with Gasteiger partial charge in [0.1, 0.15) is 11.5 Å². The molecule has 6 heteroatoms. The molecule has 4 rings (SSSR count). The van der Waals surface area contributed by atoms with Crippen LogP contribution in [-0.4, -0.2) is 45.3 Å². The molecule has 3 aromatic carbocycles. The molecule has 0 saturated carbocycles. The number of rotatable bonds is 9. The normalized spacial score (nSPS) is 14.9. The first-order valence-electron chi connectivity index (χ1n) is 12.2. The summed E-state index contributed by atoms with van der Waals surface area (Å²) in [5, 5.41) is 32.9. The minimum atomic E-state index is -0.838. The summed E-state index contributed by atoms with van der Waals surface area (Å²) in [5.41, 5.74) is 5.38. The first-order valence-corrected chi connectivity index (χ1v) is 12.2. The van der Waals surface area contributed by atoms with Crippen LogP contribution in [0.25, 0.3) is 0 Å². The van der Waals surface area contributed by atoms with E-state index in [1.54, 1.807) is 0 Å². The molecule has 0 saturated heterocycles. The van der Waals surface area contributed by atoms with E-state index in [0.717, 1.165) is 24.9 Å². The van der Waals surface area contributed by atoms with E-state index in [0.29, 0.717) is 31.5 Å². The van der Waals surface area contributed by atoms with Crippen LogP contribution in [0.1, 0.15) is 47.3 Å². The van der Waals surface area contributed by atoms with Crippen LogP contribution in [-0.2, 0) is 30.6 Å². The summed E-state index contributed by atoms with van der Waals surface area (Å²) in [5.74, 6) is 0.0481. The Labute approximate surface area is 206 Å². The van der Waals surface area contributed by atoms with E-state index in [9.17, 15) is 20.1 Å². The molecule has 6 nitrogen and oxygen atoms in total. The quantitative estimate of drug-likeness (QED) is 0.378. The van der Waals surface area contributed by atoms with Gasteiger partial charge in [0.25, 0.3) is 0 Å². The lowest BCUT2D eigenvalue weighted by molar-refractivity contribution is -0.132. The zero-order valence-corrected chi connectivity index (χ0v) is 20.2. The predicted molar refractivity (Wildman–Crippen MR) is 136 cm³/mol. The maximum Gasteiger partial charge on any atom is 0.223 e. The summed E-state index contributed by atoms with van der Waals surface area (Å²) in [6, 6.07) is 20.9. The average Bonchev–Trinajstić information content (AvgIpc) is 2.85. The Morgan fingerprint density at radius 3 is 2.46 bits per heavy atom. The number of aliphatic hydroxyl groups excluding tert-OH is 1. The van der Waals surface area contributed by atoms with E-state index in [1.165, 1.54) is 34.9 Å². The molecule has 1 heterocycles. The summed E-state index contributed by atoms with van der Waals surface area (Å²) in [6.45, 7) is 3.84. The summed E-state index contributed by atoms with van der Waals surface area (Å²) < 4.78 is 0. The lowest BCUT2D eigenvalue weighted by Gasteiger charge is -2.29. The highest BCUT2D eigenvalue weighted by Gasteiger charge is 2.20. The molecule has 0 bridgehead atoms. The van der Waals surface area contributed by atoms with Crippen molar-refractivity contribution in [1.29, 1.82) is 0 Å². The fourth-order valence-corrected chi connectivity index (χ4v) is 4.70. The lowest BCUT2D eigenvalue weighted by atomic mass is 9.98. The molecular formula is C29H34N2O4. The van der Waals surface area contributed by atoms with Crippen molar-refractivity contribution in [3.8, 4) is 11.5 Å². The third-order valence-electron chi connectivity index (χ3n) is 6.61. The summed E-state index contributed by atoms with van der Waals surface area (Å²) in [4.78, 5) is 14.8. The molecule has 1 aliphatic rings. The first kappa shape index (κ1) is 24.8. The van der Waals surface area contributed by atoms with Crippen LogP contribution >= 0.6 is 0 Å². The van der Waals surface area contributed by atoms with E-state index in [1.807, 2.05) is 17.0 Å². The molecule has 0 aromatic heterocycles. The van der Waals surface area contributed by atoms with Gasteiger partial charge >= 0.3 is 0 Å². The Morgan fingerprint density at radius 1 is 0.971 bits per heavy atom. The van der Waals surface area contributed by atoms with Gasteiger partial charge in [-0.05, 0) is 66.1 Å². The number of aliphatic hydroxyl groups is 1. The molecule has 3 aromatic rings. The smallest absolute Gasteiger partial charge is 0.223 e. The highest BCUT2D eigenvalue weighted by Crippen LogP contribution is 2.25. The number of hydrogen-bond donors (Lipinski definition) is 4. The Hall–Kier alpha value is -3.35. The highest BCUT2D eigenvalue weighted by molar-refractivity contribution is 5.76. The number of phenols is 2. The SMILES string of the molecule is CC(Cc1cccc(CCC(=O)N2CCc3ccccc3C2)c1)NCC(O)c1cc(O)cc(O)c1. The third-order valence-corrected chi connectivity index (χ3v) is 6.61. The third kappa shape index (κ3) is 6.84. The van der Waals surface area contributed by atoms with Gasteiger partial charge in [0, 0.05) is 38.2 Å². The van der Waals surface area contributed by atoms with Crippen molar-refractivity contribution in [3.63, 3.8) is 0 Å². The molecule has 184 valence electrons. The van der Waals surface area contributed by atoms with Gasteiger partial charge in [0.05, 0.1) is 6.10 Å². The predicted octanol–water partition coefficient (Wildman–Crippen LogP) is 3.87. The van der Waals surface area contributed by atoms with Gasteiger partial charge in [-0.25, -0.2) is 0 Å². The Balaban J connectivity index is 1.25. The van der Waals surface area contributed by atoms with E-state index < -0.39 is 6.10 Å². The fraction of sp³-hybridized carbons (Fsp3) is 0.345.